The van der Waals surface area contributed by atoms with Gasteiger partial charge in [-0.25, -0.2) is 0 Å². The van der Waals surface area contributed by atoms with Gasteiger partial charge < -0.3 is 0 Å². The van der Waals surface area contributed by atoms with Crippen LogP contribution in [0.2, 0.25) is 0 Å². The third-order valence-electron chi connectivity index (χ3n) is 1.80. The fourth-order valence-electron chi connectivity index (χ4n) is 0.985. The molecular weight excluding hydrogens is 160 g/mol. The van der Waals surface area contributed by atoms with Crippen LogP contribution in [0.4, 0.5) is 0 Å². The summed E-state index contributed by atoms with van der Waals surface area (Å²) in [5.74, 6) is 2.01. The Balaban J connectivity index is 3.42. The van der Waals surface area contributed by atoms with E-state index >= 15 is 0 Å². The summed E-state index contributed by atoms with van der Waals surface area (Å²) in [6.07, 6.45) is 3.71. The highest BCUT2D eigenvalue weighted by atomic mass is 32.1. The standard InChI is InChI=1S/C8H18S2/c1-8(2,5-7-10)4-3-6-9/h9-10H,3-7H2,1-2H3. The molecule has 0 saturated heterocycles. The van der Waals surface area contributed by atoms with Crippen molar-refractivity contribution in [3.63, 3.8) is 0 Å². The highest BCUT2D eigenvalue weighted by Crippen LogP contribution is 2.26. The van der Waals surface area contributed by atoms with Crippen LogP contribution >= 0.6 is 25.3 Å². The monoisotopic (exact) mass is 178 g/mol. The summed E-state index contributed by atoms with van der Waals surface area (Å²) in [6.45, 7) is 4.60. The van der Waals surface area contributed by atoms with E-state index in [1.165, 1.54) is 19.3 Å². The highest BCUT2D eigenvalue weighted by molar-refractivity contribution is 7.80. The molecule has 0 radical (unpaired) electrons. The van der Waals surface area contributed by atoms with Crippen molar-refractivity contribution in [1.82, 2.24) is 0 Å². The number of hydrogen-bond donors (Lipinski definition) is 2. The average molecular weight is 178 g/mol. The first-order valence-corrected chi connectivity index (χ1v) is 5.10. The van der Waals surface area contributed by atoms with E-state index in [1.807, 2.05) is 0 Å². The predicted molar refractivity (Wildman–Crippen MR) is 55.3 cm³/mol. The zero-order valence-corrected chi connectivity index (χ0v) is 8.72. The van der Waals surface area contributed by atoms with Crippen molar-refractivity contribution in [2.24, 2.45) is 5.41 Å². The zero-order chi connectivity index (χ0) is 8.04. The summed E-state index contributed by atoms with van der Waals surface area (Å²) < 4.78 is 0. The number of rotatable bonds is 5. The van der Waals surface area contributed by atoms with Crippen molar-refractivity contribution in [3.8, 4) is 0 Å². The summed E-state index contributed by atoms with van der Waals surface area (Å²) in [5, 5.41) is 0. The Bertz CT molecular complexity index is 79.3. The van der Waals surface area contributed by atoms with Crippen LogP contribution in [0.25, 0.3) is 0 Å². The molecule has 0 N–H and O–H groups in total. The molecule has 10 heavy (non-hydrogen) atoms. The minimum atomic E-state index is 0.477. The summed E-state index contributed by atoms with van der Waals surface area (Å²) in [7, 11) is 0. The second-order valence-corrected chi connectivity index (χ2v) is 4.36. The van der Waals surface area contributed by atoms with Crippen molar-refractivity contribution in [1.29, 1.82) is 0 Å². The molecule has 0 rings (SSSR count). The fraction of sp³-hybridized carbons (Fsp3) is 1.00. The summed E-state index contributed by atoms with van der Waals surface area (Å²) in [5.41, 5.74) is 0.477. The summed E-state index contributed by atoms with van der Waals surface area (Å²) in [4.78, 5) is 0. The maximum Gasteiger partial charge on any atom is -0.00928 e. The Kier molecular flexibility index (Phi) is 5.74. The Morgan fingerprint density at radius 2 is 1.60 bits per heavy atom. The summed E-state index contributed by atoms with van der Waals surface area (Å²) >= 11 is 8.40. The Morgan fingerprint density at radius 1 is 1.00 bits per heavy atom. The maximum absolute atomic E-state index is 4.22. The summed E-state index contributed by atoms with van der Waals surface area (Å²) in [6, 6.07) is 0. The van der Waals surface area contributed by atoms with E-state index in [0.717, 1.165) is 11.5 Å². The van der Waals surface area contributed by atoms with Gasteiger partial charge in [0.2, 0.25) is 0 Å². The van der Waals surface area contributed by atoms with Gasteiger partial charge in [0.1, 0.15) is 0 Å². The molecule has 0 aromatic carbocycles. The van der Waals surface area contributed by atoms with Crippen molar-refractivity contribution < 1.29 is 0 Å². The second-order valence-electron chi connectivity index (χ2n) is 3.46. The van der Waals surface area contributed by atoms with E-state index in [1.54, 1.807) is 0 Å². The second kappa shape index (κ2) is 5.36. The van der Waals surface area contributed by atoms with E-state index < -0.39 is 0 Å². The molecule has 0 spiro atoms. The quantitative estimate of drug-likeness (QED) is 0.594. The molecule has 0 amide bonds. The molecule has 0 heterocycles. The Labute approximate surface area is 75.6 Å². The van der Waals surface area contributed by atoms with Crippen molar-refractivity contribution >= 4 is 25.3 Å². The van der Waals surface area contributed by atoms with Crippen LogP contribution in [-0.4, -0.2) is 11.5 Å². The van der Waals surface area contributed by atoms with Crippen LogP contribution in [0.5, 0.6) is 0 Å². The van der Waals surface area contributed by atoms with Gasteiger partial charge in [0.05, 0.1) is 0 Å². The van der Waals surface area contributed by atoms with Gasteiger partial charge in [-0.15, -0.1) is 0 Å². The molecule has 62 valence electrons. The average Bonchev–Trinajstić information content (AvgIpc) is 1.84. The number of thiol groups is 2. The lowest BCUT2D eigenvalue weighted by Crippen LogP contribution is -2.11. The van der Waals surface area contributed by atoms with Crippen molar-refractivity contribution in [2.45, 2.75) is 33.1 Å². The van der Waals surface area contributed by atoms with E-state index in [-0.39, 0.29) is 0 Å². The molecule has 2 heteroatoms. The van der Waals surface area contributed by atoms with Crippen LogP contribution in [0.15, 0.2) is 0 Å². The van der Waals surface area contributed by atoms with Gasteiger partial charge in [-0.3, -0.25) is 0 Å². The molecule has 0 aliphatic carbocycles. The molecule has 0 aromatic rings. The molecule has 0 aromatic heterocycles. The third-order valence-corrected chi connectivity index (χ3v) is 2.34. The van der Waals surface area contributed by atoms with Crippen molar-refractivity contribution in [3.05, 3.63) is 0 Å². The molecule has 0 unspecified atom stereocenters. The first kappa shape index (κ1) is 10.7. The van der Waals surface area contributed by atoms with Crippen LogP contribution < -0.4 is 0 Å². The highest BCUT2D eigenvalue weighted by Gasteiger charge is 2.14. The van der Waals surface area contributed by atoms with Gasteiger partial charge in [0.25, 0.3) is 0 Å². The smallest absolute Gasteiger partial charge is 0.00928 e. The van der Waals surface area contributed by atoms with Gasteiger partial charge in [-0.1, -0.05) is 13.8 Å². The maximum atomic E-state index is 4.22. The fourth-order valence-corrected chi connectivity index (χ4v) is 1.75. The minimum Gasteiger partial charge on any atom is -0.179 e. The van der Waals surface area contributed by atoms with Gasteiger partial charge in [-0.2, -0.15) is 25.3 Å². The van der Waals surface area contributed by atoms with Crippen LogP contribution in [0.3, 0.4) is 0 Å². The lowest BCUT2D eigenvalue weighted by molar-refractivity contribution is 0.323. The van der Waals surface area contributed by atoms with Crippen molar-refractivity contribution in [2.75, 3.05) is 11.5 Å². The molecule has 0 fully saturated rings. The van der Waals surface area contributed by atoms with Crippen LogP contribution in [-0.2, 0) is 0 Å². The lowest BCUT2D eigenvalue weighted by atomic mass is 9.85. The SMILES string of the molecule is CC(C)(CCS)CCCS. The molecule has 0 aliphatic rings. The largest absolute Gasteiger partial charge is 0.179 e. The normalized spacial score (nSPS) is 12.0. The Hall–Kier alpha value is 0.700. The van der Waals surface area contributed by atoms with Gasteiger partial charge >= 0.3 is 0 Å². The van der Waals surface area contributed by atoms with E-state index in [0.29, 0.717) is 5.41 Å². The molecule has 0 atom stereocenters. The van der Waals surface area contributed by atoms with E-state index in [2.05, 4.69) is 39.1 Å². The third kappa shape index (κ3) is 5.48. The Morgan fingerprint density at radius 3 is 2.00 bits per heavy atom. The first-order chi connectivity index (χ1) is 4.62. The molecule has 0 saturated carbocycles. The van der Waals surface area contributed by atoms with E-state index in [4.69, 9.17) is 0 Å². The number of hydrogen-bond acceptors (Lipinski definition) is 2. The molecule has 0 aliphatic heterocycles. The topological polar surface area (TPSA) is 0 Å². The van der Waals surface area contributed by atoms with Gasteiger partial charge in [0.15, 0.2) is 0 Å². The first-order valence-electron chi connectivity index (χ1n) is 3.84. The van der Waals surface area contributed by atoms with Crippen LogP contribution in [0, 0.1) is 5.41 Å². The van der Waals surface area contributed by atoms with Gasteiger partial charge in [0, 0.05) is 0 Å². The van der Waals surface area contributed by atoms with Crippen LogP contribution in [0.1, 0.15) is 33.1 Å². The van der Waals surface area contributed by atoms with E-state index in [9.17, 15) is 0 Å². The lowest BCUT2D eigenvalue weighted by Gasteiger charge is -2.22. The van der Waals surface area contributed by atoms with Gasteiger partial charge in [-0.05, 0) is 36.2 Å². The molecule has 0 nitrogen and oxygen atoms in total. The zero-order valence-electron chi connectivity index (χ0n) is 6.93. The molecular formula is C8H18S2. The predicted octanol–water partition coefficient (Wildman–Crippen LogP) is 3.04. The molecule has 0 bridgehead atoms. The minimum absolute atomic E-state index is 0.477.